The molecular formula is C45H35N3. The van der Waals surface area contributed by atoms with E-state index in [1.165, 1.54) is 61.0 Å². The summed E-state index contributed by atoms with van der Waals surface area (Å²) in [5.74, 6) is 0.568. The topological polar surface area (TPSA) is 18.5 Å². The van der Waals surface area contributed by atoms with E-state index in [2.05, 4.69) is 185 Å². The summed E-state index contributed by atoms with van der Waals surface area (Å²) in [4.78, 5) is 5.13. The first kappa shape index (κ1) is 27.3. The Morgan fingerprint density at radius 3 is 2.29 bits per heavy atom. The molecule has 0 fully saturated rings. The number of nitrogens with one attached hydrogen (secondary N) is 1. The minimum absolute atomic E-state index is 0.0439. The normalized spacial score (nSPS) is 22.6. The van der Waals surface area contributed by atoms with E-state index < -0.39 is 0 Å². The molecule has 1 N–H and O–H groups in total. The zero-order valence-electron chi connectivity index (χ0n) is 26.6. The Bertz CT molecular complexity index is 2360. The highest BCUT2D eigenvalue weighted by Gasteiger charge is 2.44. The maximum absolute atomic E-state index is 3.87. The van der Waals surface area contributed by atoms with E-state index in [9.17, 15) is 0 Å². The van der Waals surface area contributed by atoms with Gasteiger partial charge < -0.3 is 15.1 Å². The van der Waals surface area contributed by atoms with Gasteiger partial charge in [-0.15, -0.1) is 0 Å². The van der Waals surface area contributed by atoms with Gasteiger partial charge in [-0.1, -0.05) is 134 Å². The van der Waals surface area contributed by atoms with E-state index in [1.807, 2.05) is 0 Å². The summed E-state index contributed by atoms with van der Waals surface area (Å²) in [5.41, 5.74) is 12.6. The number of allylic oxidation sites excluding steroid dienone is 2. The molecule has 0 amide bonds. The molecule has 2 aliphatic carbocycles. The Kier molecular flexibility index (Phi) is 6.20. The average molecular weight is 618 g/mol. The van der Waals surface area contributed by atoms with E-state index in [4.69, 9.17) is 0 Å². The Balaban J connectivity index is 1.16. The van der Waals surface area contributed by atoms with Gasteiger partial charge in [-0.05, 0) is 70.0 Å². The Morgan fingerprint density at radius 1 is 0.625 bits per heavy atom. The molecule has 0 saturated heterocycles. The summed E-state index contributed by atoms with van der Waals surface area (Å²) in [7, 11) is 0. The molecule has 230 valence electrons. The Hall–Kier alpha value is -5.80. The summed E-state index contributed by atoms with van der Waals surface area (Å²) in [6.45, 7) is 0. The third-order valence-electron chi connectivity index (χ3n) is 10.7. The van der Waals surface area contributed by atoms with Crippen molar-refractivity contribution in [2.24, 2.45) is 5.92 Å². The lowest BCUT2D eigenvalue weighted by Crippen LogP contribution is -2.39. The van der Waals surface area contributed by atoms with Gasteiger partial charge in [0.2, 0.25) is 0 Å². The van der Waals surface area contributed by atoms with Crippen molar-refractivity contribution in [2.75, 3.05) is 15.1 Å². The number of nitrogens with zero attached hydrogens (tertiary/aromatic N) is 2. The van der Waals surface area contributed by atoms with Crippen molar-refractivity contribution in [3.8, 4) is 0 Å². The molecule has 4 unspecified atom stereocenters. The van der Waals surface area contributed by atoms with Crippen LogP contribution in [0.2, 0.25) is 0 Å². The van der Waals surface area contributed by atoms with Gasteiger partial charge in [-0.2, -0.15) is 0 Å². The number of anilines is 4. The molecule has 0 radical (unpaired) electrons. The third kappa shape index (κ3) is 4.21. The largest absolute Gasteiger partial charge is 0.361 e. The minimum Gasteiger partial charge on any atom is -0.361 e. The average Bonchev–Trinajstić information content (AvgIpc) is 3.44. The zero-order valence-corrected chi connectivity index (χ0v) is 26.6. The van der Waals surface area contributed by atoms with Crippen LogP contribution in [0, 0.1) is 5.92 Å². The van der Waals surface area contributed by atoms with Gasteiger partial charge in [0, 0.05) is 34.3 Å². The van der Waals surface area contributed by atoms with Crippen molar-refractivity contribution in [2.45, 2.75) is 24.5 Å². The van der Waals surface area contributed by atoms with Crippen LogP contribution in [0.3, 0.4) is 0 Å². The summed E-state index contributed by atoms with van der Waals surface area (Å²) in [6, 6.07) is 44.8. The highest BCUT2D eigenvalue weighted by atomic mass is 15.3. The lowest BCUT2D eigenvalue weighted by Gasteiger charge is -2.38. The summed E-state index contributed by atoms with van der Waals surface area (Å²) in [5, 5.41) is 6.53. The molecule has 0 saturated carbocycles. The van der Waals surface area contributed by atoms with Gasteiger partial charge >= 0.3 is 0 Å². The van der Waals surface area contributed by atoms with E-state index in [1.54, 1.807) is 0 Å². The number of hydrogen-bond acceptors (Lipinski definition) is 3. The predicted octanol–water partition coefficient (Wildman–Crippen LogP) is 8.85. The second-order valence-corrected chi connectivity index (χ2v) is 13.3. The summed E-state index contributed by atoms with van der Waals surface area (Å²) >= 11 is 0. The van der Waals surface area contributed by atoms with Crippen molar-refractivity contribution in [3.05, 3.63) is 184 Å². The molecule has 0 bridgehead atoms. The van der Waals surface area contributed by atoms with E-state index >= 15 is 0 Å². The van der Waals surface area contributed by atoms with Crippen LogP contribution < -0.4 is 25.6 Å². The smallest absolute Gasteiger partial charge is 0.123 e. The molecule has 0 spiro atoms. The first-order chi connectivity index (χ1) is 23.8. The molecule has 5 aromatic carbocycles. The fourth-order valence-corrected chi connectivity index (χ4v) is 8.51. The fraction of sp³-hybridized carbons (Fsp3) is 0.111. The van der Waals surface area contributed by atoms with Crippen molar-refractivity contribution in [3.63, 3.8) is 0 Å². The molecule has 3 heteroatoms. The third-order valence-corrected chi connectivity index (χ3v) is 10.7. The van der Waals surface area contributed by atoms with Crippen molar-refractivity contribution in [1.29, 1.82) is 0 Å². The highest BCUT2D eigenvalue weighted by Crippen LogP contribution is 2.56. The van der Waals surface area contributed by atoms with Crippen LogP contribution in [0.1, 0.15) is 34.6 Å². The number of para-hydroxylation sites is 3. The second-order valence-electron chi connectivity index (χ2n) is 13.3. The molecule has 48 heavy (non-hydrogen) atoms. The van der Waals surface area contributed by atoms with Crippen LogP contribution in [-0.4, -0.2) is 12.2 Å². The van der Waals surface area contributed by atoms with Crippen molar-refractivity contribution < 1.29 is 0 Å². The Labute approximate surface area is 281 Å². The number of fused-ring (bicyclic) bond motifs is 8. The van der Waals surface area contributed by atoms with E-state index in [0.717, 1.165) is 12.1 Å². The molecule has 5 aromatic rings. The fourth-order valence-electron chi connectivity index (χ4n) is 8.51. The van der Waals surface area contributed by atoms with Gasteiger partial charge in [0.1, 0.15) is 6.17 Å². The maximum Gasteiger partial charge on any atom is 0.123 e. The quantitative estimate of drug-likeness (QED) is 0.218. The van der Waals surface area contributed by atoms with Gasteiger partial charge in [0.05, 0.1) is 23.1 Å². The molecule has 3 heterocycles. The minimum atomic E-state index is -0.0439. The molecular weight excluding hydrogens is 583 g/mol. The number of hydrogen-bond donors (Lipinski definition) is 1. The van der Waals surface area contributed by atoms with Crippen LogP contribution >= 0.6 is 0 Å². The standard InChI is InChI=1S/C45H35N3/c1-2-14-32-28-34(25-24-30(32)12-1)33-15-11-16-35(29-33)47-40-21-8-4-17-36(40)44-37-18-5-9-22-41(37)48(42-23-10-6-19-38(42)45(44)47)43-27-26-31-13-3-7-20-39(31)46-43/h1-24,26-29,34,36,40,43,46H,25H2. The van der Waals surface area contributed by atoms with E-state index in [0.29, 0.717) is 5.92 Å². The lowest BCUT2D eigenvalue weighted by atomic mass is 9.85. The van der Waals surface area contributed by atoms with Crippen molar-refractivity contribution in [1.82, 2.24) is 0 Å². The molecule has 0 aromatic heterocycles. The number of rotatable bonds is 3. The van der Waals surface area contributed by atoms with Crippen LogP contribution in [0.15, 0.2) is 152 Å². The second kappa shape index (κ2) is 10.9. The monoisotopic (exact) mass is 617 g/mol. The van der Waals surface area contributed by atoms with Gasteiger partial charge in [-0.25, -0.2) is 0 Å². The molecule has 3 nitrogen and oxygen atoms in total. The van der Waals surface area contributed by atoms with Crippen molar-refractivity contribution >= 4 is 52.2 Å². The van der Waals surface area contributed by atoms with Crippen LogP contribution in [-0.2, 0) is 0 Å². The first-order valence-electron chi connectivity index (χ1n) is 17.1. The zero-order chi connectivity index (χ0) is 31.6. The van der Waals surface area contributed by atoms with Gasteiger partial charge in [-0.3, -0.25) is 0 Å². The predicted molar refractivity (Wildman–Crippen MR) is 201 cm³/mol. The number of benzene rings is 5. The molecule has 4 atom stereocenters. The molecule has 10 rings (SSSR count). The summed E-state index contributed by atoms with van der Waals surface area (Å²) < 4.78 is 0. The maximum atomic E-state index is 3.87. The van der Waals surface area contributed by atoms with Gasteiger partial charge in [0.25, 0.3) is 0 Å². The Morgan fingerprint density at radius 2 is 1.38 bits per heavy atom. The molecule has 3 aliphatic heterocycles. The van der Waals surface area contributed by atoms with Gasteiger partial charge in [0.15, 0.2) is 0 Å². The highest BCUT2D eigenvalue weighted by molar-refractivity contribution is 6.10. The lowest BCUT2D eigenvalue weighted by molar-refractivity contribution is 0.713. The molecule has 5 aliphatic rings. The SMILES string of the molecule is C1=CC2C3=C(c4ccccc4N(C4C=Cc5ccccc5N4)c4ccccc43)N(c3cccc(C4C=c5ccccc5=CC4)c3)C2C=C1. The van der Waals surface area contributed by atoms with Crippen LogP contribution in [0.5, 0.6) is 0 Å². The van der Waals surface area contributed by atoms with Crippen LogP contribution in [0.25, 0.3) is 29.5 Å². The summed E-state index contributed by atoms with van der Waals surface area (Å²) in [6.07, 6.45) is 19.6. The van der Waals surface area contributed by atoms with Crippen LogP contribution in [0.4, 0.5) is 22.7 Å². The van der Waals surface area contributed by atoms with E-state index in [-0.39, 0.29) is 18.1 Å². The first-order valence-corrected chi connectivity index (χ1v) is 17.1.